The average molecular weight is 271 g/mol. The summed E-state index contributed by atoms with van der Waals surface area (Å²) in [4.78, 5) is 11.5. The molecule has 1 atom stereocenters. The fourth-order valence-electron chi connectivity index (χ4n) is 1.38. The van der Waals surface area contributed by atoms with Crippen molar-refractivity contribution in [2.75, 3.05) is 6.54 Å². The van der Waals surface area contributed by atoms with Gasteiger partial charge in [-0.2, -0.15) is 0 Å². The van der Waals surface area contributed by atoms with E-state index in [4.69, 9.17) is 11.6 Å². The van der Waals surface area contributed by atoms with Crippen molar-refractivity contribution >= 4 is 17.6 Å². The molecule has 0 saturated carbocycles. The molecule has 0 fully saturated rings. The molecule has 0 radical (unpaired) electrons. The average Bonchev–Trinajstić information content (AvgIpc) is 2.24. The van der Waals surface area contributed by atoms with E-state index in [2.05, 4.69) is 10.6 Å². The molecule has 5 heteroatoms. The van der Waals surface area contributed by atoms with E-state index < -0.39 is 6.10 Å². The number of urea groups is 1. The molecule has 0 aliphatic rings. The zero-order valence-electron chi connectivity index (χ0n) is 10.8. The van der Waals surface area contributed by atoms with Gasteiger partial charge >= 0.3 is 6.03 Å². The van der Waals surface area contributed by atoms with Crippen molar-refractivity contribution in [2.45, 2.75) is 32.4 Å². The van der Waals surface area contributed by atoms with Crippen molar-refractivity contribution in [3.05, 3.63) is 34.9 Å². The van der Waals surface area contributed by atoms with Crippen LogP contribution in [-0.4, -0.2) is 23.2 Å². The number of benzene rings is 1. The second kappa shape index (κ2) is 6.07. The van der Waals surface area contributed by atoms with Crippen LogP contribution in [0.3, 0.4) is 0 Å². The van der Waals surface area contributed by atoms with Gasteiger partial charge in [-0.15, -0.1) is 0 Å². The van der Waals surface area contributed by atoms with Crippen LogP contribution in [0.25, 0.3) is 0 Å². The Morgan fingerprint density at radius 2 is 1.89 bits per heavy atom. The molecule has 1 aromatic carbocycles. The Morgan fingerprint density at radius 3 is 2.39 bits per heavy atom. The van der Waals surface area contributed by atoms with Gasteiger partial charge in [-0.1, -0.05) is 23.7 Å². The summed E-state index contributed by atoms with van der Waals surface area (Å²) in [6.07, 6.45) is -0.743. The number of halogens is 1. The molecule has 2 amide bonds. The van der Waals surface area contributed by atoms with Crippen LogP contribution < -0.4 is 10.6 Å². The minimum atomic E-state index is -0.743. The van der Waals surface area contributed by atoms with Gasteiger partial charge in [0, 0.05) is 17.1 Å². The van der Waals surface area contributed by atoms with Gasteiger partial charge in [0.25, 0.3) is 0 Å². The number of aliphatic hydroxyl groups excluding tert-OH is 1. The summed E-state index contributed by atoms with van der Waals surface area (Å²) in [6.45, 7) is 5.83. The maximum atomic E-state index is 11.5. The largest absolute Gasteiger partial charge is 0.387 e. The van der Waals surface area contributed by atoms with Gasteiger partial charge in [0.2, 0.25) is 0 Å². The van der Waals surface area contributed by atoms with Crippen LogP contribution in [-0.2, 0) is 0 Å². The third-order valence-electron chi connectivity index (χ3n) is 2.20. The molecule has 0 aliphatic carbocycles. The first-order valence-corrected chi connectivity index (χ1v) is 6.15. The molecule has 3 N–H and O–H groups in total. The zero-order valence-corrected chi connectivity index (χ0v) is 11.6. The Balaban J connectivity index is 2.44. The molecule has 0 bridgehead atoms. The molecule has 0 saturated heterocycles. The molecule has 0 aromatic heterocycles. The minimum absolute atomic E-state index is 0.156. The van der Waals surface area contributed by atoms with Gasteiger partial charge in [-0.3, -0.25) is 0 Å². The molecular formula is C13H19ClN2O2. The lowest BCUT2D eigenvalue weighted by molar-refractivity contribution is 0.171. The van der Waals surface area contributed by atoms with Crippen molar-refractivity contribution in [2.24, 2.45) is 0 Å². The predicted molar refractivity (Wildman–Crippen MR) is 72.7 cm³/mol. The smallest absolute Gasteiger partial charge is 0.315 e. The zero-order chi connectivity index (χ0) is 13.8. The summed E-state index contributed by atoms with van der Waals surface area (Å²) in [5.74, 6) is 0. The summed E-state index contributed by atoms with van der Waals surface area (Å²) in [7, 11) is 0. The van der Waals surface area contributed by atoms with Crippen LogP contribution in [0, 0.1) is 0 Å². The number of amides is 2. The maximum absolute atomic E-state index is 11.5. The van der Waals surface area contributed by atoms with E-state index in [1.807, 2.05) is 20.8 Å². The Hall–Kier alpha value is -1.26. The Kier molecular flexibility index (Phi) is 4.99. The van der Waals surface area contributed by atoms with E-state index in [1.54, 1.807) is 24.3 Å². The molecule has 1 unspecified atom stereocenters. The van der Waals surface area contributed by atoms with Crippen molar-refractivity contribution < 1.29 is 9.90 Å². The molecule has 0 aliphatic heterocycles. The Labute approximate surface area is 112 Å². The summed E-state index contributed by atoms with van der Waals surface area (Å²) in [6, 6.07) is 6.58. The Bertz CT molecular complexity index is 398. The number of hydrogen-bond donors (Lipinski definition) is 3. The van der Waals surface area contributed by atoms with Crippen LogP contribution >= 0.6 is 11.6 Å². The molecule has 0 heterocycles. The fourth-order valence-corrected chi connectivity index (χ4v) is 1.50. The maximum Gasteiger partial charge on any atom is 0.315 e. The van der Waals surface area contributed by atoms with Gasteiger partial charge in [0.05, 0.1) is 6.10 Å². The number of rotatable bonds is 3. The highest BCUT2D eigenvalue weighted by Crippen LogP contribution is 2.15. The quantitative estimate of drug-likeness (QED) is 0.790. The van der Waals surface area contributed by atoms with Crippen LogP contribution in [0.1, 0.15) is 32.4 Å². The first-order valence-electron chi connectivity index (χ1n) is 5.77. The van der Waals surface area contributed by atoms with Crippen LogP contribution in [0.5, 0.6) is 0 Å². The van der Waals surface area contributed by atoms with Crippen molar-refractivity contribution in [3.8, 4) is 0 Å². The number of nitrogens with one attached hydrogen (secondary N) is 2. The number of carbonyl (C=O) groups excluding carboxylic acids is 1. The van der Waals surface area contributed by atoms with E-state index in [9.17, 15) is 9.90 Å². The van der Waals surface area contributed by atoms with Crippen LogP contribution in [0.4, 0.5) is 4.79 Å². The number of aliphatic hydroxyl groups is 1. The minimum Gasteiger partial charge on any atom is -0.387 e. The molecule has 1 rings (SSSR count). The summed E-state index contributed by atoms with van der Waals surface area (Å²) < 4.78 is 0. The van der Waals surface area contributed by atoms with Crippen molar-refractivity contribution in [1.29, 1.82) is 0 Å². The van der Waals surface area contributed by atoms with Gasteiger partial charge in [-0.25, -0.2) is 4.79 Å². The van der Waals surface area contributed by atoms with Gasteiger partial charge in [0.15, 0.2) is 0 Å². The van der Waals surface area contributed by atoms with Crippen LogP contribution in [0.15, 0.2) is 24.3 Å². The van der Waals surface area contributed by atoms with E-state index >= 15 is 0 Å². The summed E-state index contributed by atoms with van der Waals surface area (Å²) in [5, 5.41) is 15.9. The van der Waals surface area contributed by atoms with Gasteiger partial charge < -0.3 is 15.7 Å². The second-order valence-corrected chi connectivity index (χ2v) is 5.59. The third-order valence-corrected chi connectivity index (χ3v) is 2.45. The normalized spacial score (nSPS) is 12.9. The molecule has 4 nitrogen and oxygen atoms in total. The van der Waals surface area contributed by atoms with E-state index in [0.29, 0.717) is 5.02 Å². The predicted octanol–water partition coefficient (Wildman–Crippen LogP) is 2.47. The van der Waals surface area contributed by atoms with Crippen molar-refractivity contribution in [1.82, 2.24) is 10.6 Å². The molecule has 0 spiro atoms. The van der Waals surface area contributed by atoms with E-state index in [0.717, 1.165) is 5.56 Å². The Morgan fingerprint density at radius 1 is 1.33 bits per heavy atom. The topological polar surface area (TPSA) is 61.4 Å². The lowest BCUT2D eigenvalue weighted by Gasteiger charge is -2.21. The highest BCUT2D eigenvalue weighted by molar-refractivity contribution is 6.30. The molecule has 18 heavy (non-hydrogen) atoms. The first-order chi connectivity index (χ1) is 8.28. The molecular weight excluding hydrogens is 252 g/mol. The standard InChI is InChI=1S/C13H19ClN2O2/c1-13(2,3)16-12(18)15-8-11(17)9-4-6-10(14)7-5-9/h4-7,11,17H,8H2,1-3H3,(H2,15,16,18). The lowest BCUT2D eigenvalue weighted by atomic mass is 10.1. The first kappa shape index (κ1) is 14.8. The van der Waals surface area contributed by atoms with Crippen LogP contribution in [0.2, 0.25) is 5.02 Å². The number of hydrogen-bond acceptors (Lipinski definition) is 2. The summed E-state index contributed by atoms with van der Waals surface area (Å²) in [5.41, 5.74) is 0.422. The van der Waals surface area contributed by atoms with E-state index in [1.165, 1.54) is 0 Å². The third kappa shape index (κ3) is 5.38. The summed E-state index contributed by atoms with van der Waals surface area (Å²) >= 11 is 5.76. The lowest BCUT2D eigenvalue weighted by Crippen LogP contribution is -2.47. The fraction of sp³-hybridized carbons (Fsp3) is 0.462. The second-order valence-electron chi connectivity index (χ2n) is 5.15. The SMILES string of the molecule is CC(C)(C)NC(=O)NCC(O)c1ccc(Cl)cc1. The van der Waals surface area contributed by atoms with Crippen molar-refractivity contribution in [3.63, 3.8) is 0 Å². The number of carbonyl (C=O) groups is 1. The van der Waals surface area contributed by atoms with Gasteiger partial charge in [-0.05, 0) is 38.5 Å². The molecule has 100 valence electrons. The molecule has 1 aromatic rings. The van der Waals surface area contributed by atoms with E-state index in [-0.39, 0.29) is 18.1 Å². The highest BCUT2D eigenvalue weighted by Gasteiger charge is 2.14. The highest BCUT2D eigenvalue weighted by atomic mass is 35.5. The van der Waals surface area contributed by atoms with Gasteiger partial charge in [0.1, 0.15) is 0 Å². The monoisotopic (exact) mass is 270 g/mol.